The minimum Gasteiger partial charge on any atom is -0.480 e. The molecule has 0 amide bonds. The number of carbonyl (C=O) groups is 1. The summed E-state index contributed by atoms with van der Waals surface area (Å²) in [5.41, 5.74) is 15.3. The van der Waals surface area contributed by atoms with E-state index in [4.69, 9.17) is 52.9 Å². The van der Waals surface area contributed by atoms with Gasteiger partial charge in [-0.2, -0.15) is 0 Å². The molecule has 0 heterocycles. The molecule has 13 heteroatoms. The lowest BCUT2D eigenvalue weighted by Gasteiger charge is -2.21. The van der Waals surface area contributed by atoms with E-state index < -0.39 is 24.2 Å². The predicted molar refractivity (Wildman–Crippen MR) is 114 cm³/mol. The van der Waals surface area contributed by atoms with Gasteiger partial charge in [0.1, 0.15) is 18.7 Å². The third kappa shape index (κ3) is 45.3. The molecule has 2 atom stereocenters. The number of hydrogen-bond acceptors (Lipinski definition) is 9. The number of hydrogen-bond donors (Lipinski definition) is 10. The standard InChI is InChI=1S/C6H14N4O2.C5H14NO.C3H8O3.C3H8O2/c7-4(5(11)12)2-1-3-10-6(8)9;1-6(2,3)4-5-7;4-1-3(6)2-5;1-3(5)2-4/h4H,1-3,7H2,(H,11,12)(H4,8,9,10);7H,4-5H2,1-3H3;3-6H,1-2H2;3-5H,2H2,1H3/q;+1;;. The summed E-state index contributed by atoms with van der Waals surface area (Å²) >= 11 is 0. The van der Waals surface area contributed by atoms with E-state index in [1.165, 1.54) is 6.92 Å². The summed E-state index contributed by atoms with van der Waals surface area (Å²) in [5.74, 6) is -0.987. The Morgan fingerprint density at radius 3 is 1.60 bits per heavy atom. The zero-order valence-electron chi connectivity index (χ0n) is 18.6. The summed E-state index contributed by atoms with van der Waals surface area (Å²) in [4.78, 5) is 13.9. The summed E-state index contributed by atoms with van der Waals surface area (Å²) < 4.78 is 0.844. The van der Waals surface area contributed by atoms with Gasteiger partial charge in [0.15, 0.2) is 5.96 Å². The Kier molecular flexibility index (Phi) is 28.3. The van der Waals surface area contributed by atoms with Crippen LogP contribution in [0.25, 0.3) is 0 Å². The number of aliphatic hydroxyl groups excluding tert-OH is 6. The third-order valence-electron chi connectivity index (χ3n) is 2.74. The van der Waals surface area contributed by atoms with E-state index >= 15 is 0 Å². The summed E-state index contributed by atoms with van der Waals surface area (Å²) in [6.07, 6.45) is -0.558. The van der Waals surface area contributed by atoms with Crippen LogP contribution in [0.1, 0.15) is 19.8 Å². The molecule has 0 rings (SSSR count). The highest BCUT2D eigenvalue weighted by atomic mass is 16.4. The highest BCUT2D eigenvalue weighted by Crippen LogP contribution is 1.94. The van der Waals surface area contributed by atoms with Gasteiger partial charge in [-0.05, 0) is 19.8 Å². The Bertz CT molecular complexity index is 398. The Labute approximate surface area is 178 Å². The molecule has 30 heavy (non-hydrogen) atoms. The van der Waals surface area contributed by atoms with Crippen molar-refractivity contribution in [2.75, 3.05) is 60.7 Å². The molecule has 0 aromatic rings. The average molecular weight is 447 g/mol. The smallest absolute Gasteiger partial charge is 0.320 e. The first-order valence-corrected chi connectivity index (χ1v) is 9.32. The lowest BCUT2D eigenvalue weighted by molar-refractivity contribution is -0.870. The Morgan fingerprint density at radius 2 is 1.43 bits per heavy atom. The van der Waals surface area contributed by atoms with Gasteiger partial charge in [-0.3, -0.25) is 9.79 Å². The van der Waals surface area contributed by atoms with Crippen molar-refractivity contribution in [3.8, 4) is 0 Å². The van der Waals surface area contributed by atoms with Crippen molar-refractivity contribution in [3.63, 3.8) is 0 Å². The molecule has 0 saturated heterocycles. The van der Waals surface area contributed by atoms with Crippen LogP contribution < -0.4 is 17.2 Å². The van der Waals surface area contributed by atoms with Crippen molar-refractivity contribution in [1.82, 2.24) is 0 Å². The molecule has 0 aromatic heterocycles. The van der Waals surface area contributed by atoms with Crippen LogP contribution >= 0.6 is 0 Å². The SMILES string of the molecule is CC(O)CO.C[N+](C)(C)CCO.NC(N)=NCCCC(N)C(=O)O.OCC(O)CO. The zero-order valence-corrected chi connectivity index (χ0v) is 18.6. The Morgan fingerprint density at radius 1 is 1.00 bits per heavy atom. The van der Waals surface area contributed by atoms with Crippen LogP contribution in [-0.4, -0.2) is 131 Å². The van der Waals surface area contributed by atoms with Crippen molar-refractivity contribution in [2.45, 2.75) is 38.0 Å². The van der Waals surface area contributed by atoms with Gasteiger partial charge in [-0.25, -0.2) is 0 Å². The van der Waals surface area contributed by atoms with Crippen LogP contribution in [0.3, 0.4) is 0 Å². The van der Waals surface area contributed by atoms with Gasteiger partial charge in [0.2, 0.25) is 0 Å². The van der Waals surface area contributed by atoms with Crippen LogP contribution in [0.4, 0.5) is 0 Å². The predicted octanol–water partition coefficient (Wildman–Crippen LogP) is -4.17. The molecule has 0 fully saturated rings. The fraction of sp³-hybridized carbons (Fsp3) is 0.882. The third-order valence-corrected chi connectivity index (χ3v) is 2.74. The van der Waals surface area contributed by atoms with Gasteiger partial charge in [0.25, 0.3) is 0 Å². The fourth-order valence-corrected chi connectivity index (χ4v) is 1.00. The topological polar surface area (TPSA) is 249 Å². The van der Waals surface area contributed by atoms with Gasteiger partial charge in [0, 0.05) is 6.54 Å². The number of likely N-dealkylation sites (N-methyl/N-ethyl adjacent to an activating group) is 1. The monoisotopic (exact) mass is 446 g/mol. The fourth-order valence-electron chi connectivity index (χ4n) is 1.00. The number of aliphatic carboxylic acids is 1. The van der Waals surface area contributed by atoms with Crippen molar-refractivity contribution in [1.29, 1.82) is 0 Å². The van der Waals surface area contributed by atoms with E-state index in [-0.39, 0.29) is 32.4 Å². The molecule has 0 bridgehead atoms. The molecule has 0 aliphatic heterocycles. The van der Waals surface area contributed by atoms with Gasteiger partial charge < -0.3 is 57.4 Å². The number of aliphatic hydroxyl groups is 6. The summed E-state index contributed by atoms with van der Waals surface area (Å²) in [7, 11) is 6.16. The molecule has 184 valence electrons. The van der Waals surface area contributed by atoms with E-state index in [0.717, 1.165) is 11.0 Å². The van der Waals surface area contributed by atoms with Gasteiger partial charge >= 0.3 is 5.97 Å². The van der Waals surface area contributed by atoms with Crippen molar-refractivity contribution in [3.05, 3.63) is 0 Å². The maximum Gasteiger partial charge on any atom is 0.320 e. The van der Waals surface area contributed by atoms with Crippen molar-refractivity contribution in [2.24, 2.45) is 22.2 Å². The van der Waals surface area contributed by atoms with Crippen LogP contribution in [0, 0.1) is 0 Å². The minimum absolute atomic E-state index is 0.0129. The number of guanidine groups is 1. The number of carboxylic acids is 1. The number of aliphatic imine (C=N–C) groups is 1. The van der Waals surface area contributed by atoms with E-state index in [2.05, 4.69) is 26.1 Å². The van der Waals surface area contributed by atoms with E-state index in [1.807, 2.05) is 0 Å². The number of nitrogens with zero attached hydrogens (tertiary/aromatic N) is 2. The van der Waals surface area contributed by atoms with E-state index in [0.29, 0.717) is 19.4 Å². The molecule has 0 aliphatic carbocycles. The molecule has 0 spiro atoms. The van der Waals surface area contributed by atoms with Gasteiger partial charge in [-0.1, -0.05) is 0 Å². The number of quaternary nitrogens is 1. The Balaban J connectivity index is -0.000000161. The molecule has 0 aromatic carbocycles. The first-order valence-electron chi connectivity index (χ1n) is 9.32. The van der Waals surface area contributed by atoms with Gasteiger partial charge in [-0.15, -0.1) is 0 Å². The number of carboxylic acid groups (broad SMARTS) is 1. The molecule has 13 N–H and O–H groups in total. The molecule has 0 saturated carbocycles. The molecule has 13 nitrogen and oxygen atoms in total. The second kappa shape index (κ2) is 23.7. The quantitative estimate of drug-likeness (QED) is 0.0666. The van der Waals surface area contributed by atoms with E-state index in [9.17, 15) is 4.79 Å². The first-order chi connectivity index (χ1) is 13.7. The normalized spacial score (nSPS) is 12.1. The van der Waals surface area contributed by atoms with E-state index in [1.54, 1.807) is 0 Å². The highest BCUT2D eigenvalue weighted by molar-refractivity contribution is 5.75. The summed E-state index contributed by atoms with van der Waals surface area (Å²) in [6, 6.07) is -0.820. The summed E-state index contributed by atoms with van der Waals surface area (Å²) in [6.45, 7) is 2.19. The zero-order chi connectivity index (χ0) is 24.8. The molecule has 0 aliphatic rings. The highest BCUT2D eigenvalue weighted by Gasteiger charge is 2.09. The van der Waals surface area contributed by atoms with Crippen LogP contribution in [0.15, 0.2) is 4.99 Å². The summed E-state index contributed by atoms with van der Waals surface area (Å²) in [5, 5.41) is 56.8. The van der Waals surface area contributed by atoms with Gasteiger partial charge in [0.05, 0.1) is 53.7 Å². The van der Waals surface area contributed by atoms with Crippen molar-refractivity contribution < 1.29 is 45.0 Å². The molecule has 2 unspecified atom stereocenters. The van der Waals surface area contributed by atoms with Crippen molar-refractivity contribution >= 4 is 11.9 Å². The number of rotatable bonds is 10. The number of nitrogens with two attached hydrogens (primary N) is 3. The maximum atomic E-state index is 10.2. The van der Waals surface area contributed by atoms with Crippen LogP contribution in [-0.2, 0) is 4.79 Å². The Hall–Kier alpha value is -1.58. The first kappa shape index (κ1) is 35.8. The minimum atomic E-state index is -1.00. The lowest BCUT2D eigenvalue weighted by Crippen LogP contribution is -2.36. The molecular formula is C17H44N5O8+. The second-order valence-corrected chi connectivity index (χ2v) is 7.18. The lowest BCUT2D eigenvalue weighted by atomic mass is 10.2. The second-order valence-electron chi connectivity index (χ2n) is 7.18. The van der Waals surface area contributed by atoms with Crippen LogP contribution in [0.5, 0.6) is 0 Å². The average Bonchev–Trinajstić information content (AvgIpc) is 2.64. The maximum absolute atomic E-state index is 10.2. The molecular weight excluding hydrogens is 402 g/mol. The molecule has 0 radical (unpaired) electrons. The largest absolute Gasteiger partial charge is 0.480 e. The van der Waals surface area contributed by atoms with Crippen LogP contribution in [0.2, 0.25) is 0 Å².